The van der Waals surface area contributed by atoms with Crippen LogP contribution in [-0.4, -0.2) is 53.5 Å². The van der Waals surface area contributed by atoms with E-state index in [1.54, 1.807) is 0 Å². The predicted molar refractivity (Wildman–Crippen MR) is 95.7 cm³/mol. The molecule has 0 bridgehead atoms. The molecule has 1 aromatic carbocycles. The van der Waals surface area contributed by atoms with Gasteiger partial charge in [0.05, 0.1) is 5.69 Å². The van der Waals surface area contributed by atoms with Crippen molar-refractivity contribution in [1.82, 2.24) is 14.8 Å². The van der Waals surface area contributed by atoms with Gasteiger partial charge in [0.1, 0.15) is 5.75 Å². The van der Waals surface area contributed by atoms with Crippen molar-refractivity contribution >= 4 is 21.8 Å². The molecule has 1 fully saturated rings. The van der Waals surface area contributed by atoms with Gasteiger partial charge >= 0.3 is 0 Å². The number of aromatic nitrogens is 1. The standard InChI is InChI=1S/C18H20BrN3O2/c19-15-4-3-6-17(12-15)24-14-18(23)22-10-8-21(9-11-22)13-16-5-1-2-7-20-16/h1-7,12H,8-11,13-14H2. The van der Waals surface area contributed by atoms with Crippen LogP contribution in [0.4, 0.5) is 0 Å². The molecule has 1 aliphatic heterocycles. The first-order valence-corrected chi connectivity index (χ1v) is 8.78. The summed E-state index contributed by atoms with van der Waals surface area (Å²) < 4.78 is 6.52. The summed E-state index contributed by atoms with van der Waals surface area (Å²) >= 11 is 3.39. The minimum Gasteiger partial charge on any atom is -0.484 e. The van der Waals surface area contributed by atoms with Crippen molar-refractivity contribution in [2.75, 3.05) is 32.8 Å². The Morgan fingerprint density at radius 2 is 1.96 bits per heavy atom. The number of piperazine rings is 1. The van der Waals surface area contributed by atoms with Crippen LogP contribution in [0.2, 0.25) is 0 Å². The van der Waals surface area contributed by atoms with Crippen molar-refractivity contribution in [2.24, 2.45) is 0 Å². The molecule has 2 heterocycles. The van der Waals surface area contributed by atoms with Gasteiger partial charge in [-0.25, -0.2) is 0 Å². The first-order chi connectivity index (χ1) is 11.7. The van der Waals surface area contributed by atoms with Crippen LogP contribution in [0, 0.1) is 0 Å². The predicted octanol–water partition coefficient (Wildman–Crippen LogP) is 2.57. The molecule has 0 spiro atoms. The number of benzene rings is 1. The summed E-state index contributed by atoms with van der Waals surface area (Å²) in [7, 11) is 0. The minimum absolute atomic E-state index is 0.0347. The van der Waals surface area contributed by atoms with E-state index in [1.165, 1.54) is 0 Å². The molecule has 6 heteroatoms. The summed E-state index contributed by atoms with van der Waals surface area (Å²) in [4.78, 5) is 20.8. The maximum atomic E-state index is 12.3. The lowest BCUT2D eigenvalue weighted by Gasteiger charge is -2.34. The van der Waals surface area contributed by atoms with Crippen LogP contribution in [-0.2, 0) is 11.3 Å². The largest absolute Gasteiger partial charge is 0.484 e. The van der Waals surface area contributed by atoms with Crippen LogP contribution in [0.5, 0.6) is 5.75 Å². The van der Waals surface area contributed by atoms with Crippen LogP contribution >= 0.6 is 15.9 Å². The number of carbonyl (C=O) groups excluding carboxylic acids is 1. The molecule has 0 saturated carbocycles. The molecule has 24 heavy (non-hydrogen) atoms. The first kappa shape index (κ1) is 16.9. The van der Waals surface area contributed by atoms with Gasteiger partial charge in [-0.3, -0.25) is 14.7 Å². The second-order valence-corrected chi connectivity index (χ2v) is 6.64. The molecule has 5 nitrogen and oxygen atoms in total. The minimum atomic E-state index is 0.0347. The molecular formula is C18H20BrN3O2. The fraction of sp³-hybridized carbons (Fsp3) is 0.333. The maximum Gasteiger partial charge on any atom is 0.260 e. The molecule has 1 amide bonds. The maximum absolute atomic E-state index is 12.3. The Bertz CT molecular complexity index is 673. The number of carbonyl (C=O) groups is 1. The highest BCUT2D eigenvalue weighted by atomic mass is 79.9. The fourth-order valence-electron chi connectivity index (χ4n) is 2.67. The Labute approximate surface area is 150 Å². The lowest BCUT2D eigenvalue weighted by atomic mass is 10.2. The van der Waals surface area contributed by atoms with E-state index in [0.717, 1.165) is 42.9 Å². The fourth-order valence-corrected chi connectivity index (χ4v) is 3.05. The Balaban J connectivity index is 1.43. The highest BCUT2D eigenvalue weighted by molar-refractivity contribution is 9.10. The van der Waals surface area contributed by atoms with Gasteiger partial charge in [-0.05, 0) is 30.3 Å². The van der Waals surface area contributed by atoms with Gasteiger partial charge in [-0.2, -0.15) is 0 Å². The molecule has 0 radical (unpaired) electrons. The molecule has 0 unspecified atom stereocenters. The van der Waals surface area contributed by atoms with Crippen LogP contribution in [0.3, 0.4) is 0 Å². The van der Waals surface area contributed by atoms with Gasteiger partial charge in [0.2, 0.25) is 0 Å². The van der Waals surface area contributed by atoms with Crippen molar-refractivity contribution in [3.63, 3.8) is 0 Å². The molecule has 1 saturated heterocycles. The summed E-state index contributed by atoms with van der Waals surface area (Å²) in [5.74, 6) is 0.735. The van der Waals surface area contributed by atoms with Gasteiger partial charge in [0.25, 0.3) is 5.91 Å². The molecule has 0 atom stereocenters. The van der Waals surface area contributed by atoms with E-state index >= 15 is 0 Å². The first-order valence-electron chi connectivity index (χ1n) is 7.99. The third kappa shape index (κ3) is 4.79. The number of hydrogen-bond donors (Lipinski definition) is 0. The number of hydrogen-bond acceptors (Lipinski definition) is 4. The van der Waals surface area contributed by atoms with Crippen molar-refractivity contribution in [2.45, 2.75) is 6.54 Å². The van der Waals surface area contributed by atoms with Gasteiger partial charge < -0.3 is 9.64 Å². The van der Waals surface area contributed by atoms with E-state index in [2.05, 4.69) is 25.8 Å². The smallest absolute Gasteiger partial charge is 0.260 e. The van der Waals surface area contributed by atoms with Crippen molar-refractivity contribution in [3.8, 4) is 5.75 Å². The zero-order valence-corrected chi connectivity index (χ0v) is 15.0. The number of pyridine rings is 1. The molecular weight excluding hydrogens is 370 g/mol. The van der Waals surface area contributed by atoms with Crippen molar-refractivity contribution in [3.05, 3.63) is 58.8 Å². The number of ether oxygens (including phenoxy) is 1. The SMILES string of the molecule is O=C(COc1cccc(Br)c1)N1CCN(Cc2ccccn2)CC1. The number of halogens is 1. The van der Waals surface area contributed by atoms with E-state index in [1.807, 2.05) is 53.6 Å². The molecule has 2 aromatic rings. The summed E-state index contributed by atoms with van der Waals surface area (Å²) in [5.41, 5.74) is 1.07. The summed E-state index contributed by atoms with van der Waals surface area (Å²) in [6, 6.07) is 13.5. The van der Waals surface area contributed by atoms with E-state index in [4.69, 9.17) is 4.74 Å². The molecule has 0 aliphatic carbocycles. The number of amides is 1. The van der Waals surface area contributed by atoms with E-state index in [9.17, 15) is 4.79 Å². The lowest BCUT2D eigenvalue weighted by Crippen LogP contribution is -2.49. The Hall–Kier alpha value is -1.92. The van der Waals surface area contributed by atoms with Crippen LogP contribution in [0.25, 0.3) is 0 Å². The van der Waals surface area contributed by atoms with Gasteiger partial charge in [-0.1, -0.05) is 28.1 Å². The topological polar surface area (TPSA) is 45.7 Å². The number of nitrogens with zero attached hydrogens (tertiary/aromatic N) is 3. The van der Waals surface area contributed by atoms with Crippen LogP contribution < -0.4 is 4.74 Å². The average Bonchev–Trinajstić information content (AvgIpc) is 2.61. The lowest BCUT2D eigenvalue weighted by molar-refractivity contribution is -0.135. The zero-order valence-electron chi connectivity index (χ0n) is 13.4. The quantitative estimate of drug-likeness (QED) is 0.788. The molecule has 1 aliphatic rings. The second-order valence-electron chi connectivity index (χ2n) is 5.72. The molecule has 0 N–H and O–H groups in total. The molecule has 126 valence electrons. The van der Waals surface area contributed by atoms with Gasteiger partial charge in [0.15, 0.2) is 6.61 Å². The summed E-state index contributed by atoms with van der Waals surface area (Å²) in [5, 5.41) is 0. The summed E-state index contributed by atoms with van der Waals surface area (Å²) in [6.07, 6.45) is 1.81. The molecule has 1 aromatic heterocycles. The third-order valence-corrected chi connectivity index (χ3v) is 4.49. The highest BCUT2D eigenvalue weighted by Crippen LogP contribution is 2.17. The number of rotatable bonds is 5. The van der Waals surface area contributed by atoms with E-state index in [0.29, 0.717) is 5.75 Å². The van der Waals surface area contributed by atoms with Crippen LogP contribution in [0.1, 0.15) is 5.69 Å². The van der Waals surface area contributed by atoms with Crippen molar-refractivity contribution < 1.29 is 9.53 Å². The van der Waals surface area contributed by atoms with Crippen molar-refractivity contribution in [1.29, 1.82) is 0 Å². The zero-order chi connectivity index (χ0) is 16.8. The van der Waals surface area contributed by atoms with Crippen LogP contribution in [0.15, 0.2) is 53.1 Å². The normalized spacial score (nSPS) is 15.3. The second kappa shape index (κ2) is 8.26. The van der Waals surface area contributed by atoms with Gasteiger partial charge in [-0.15, -0.1) is 0 Å². The summed E-state index contributed by atoms with van der Waals surface area (Å²) in [6.45, 7) is 4.09. The van der Waals surface area contributed by atoms with E-state index < -0.39 is 0 Å². The van der Waals surface area contributed by atoms with E-state index in [-0.39, 0.29) is 12.5 Å². The van der Waals surface area contributed by atoms with Gasteiger partial charge in [0, 0.05) is 43.4 Å². The highest BCUT2D eigenvalue weighted by Gasteiger charge is 2.21. The Kier molecular flexibility index (Phi) is 5.82. The molecule has 3 rings (SSSR count). The monoisotopic (exact) mass is 389 g/mol. The Morgan fingerprint density at radius 3 is 2.67 bits per heavy atom. The third-order valence-electron chi connectivity index (χ3n) is 4.00. The Morgan fingerprint density at radius 1 is 1.12 bits per heavy atom. The average molecular weight is 390 g/mol.